The number of nitrogens with zero attached hydrogens (tertiary/aromatic N) is 2. The van der Waals surface area contributed by atoms with Gasteiger partial charge >= 0.3 is 0 Å². The summed E-state index contributed by atoms with van der Waals surface area (Å²) in [5, 5.41) is 1.71. The Hall–Kier alpha value is -2.41. The summed E-state index contributed by atoms with van der Waals surface area (Å²) in [6, 6.07) is 21.9. The fourth-order valence-corrected chi connectivity index (χ4v) is 5.91. The van der Waals surface area contributed by atoms with Crippen LogP contribution >= 0.6 is 0 Å². The first-order valence-corrected chi connectivity index (χ1v) is 12.9. The molecule has 32 heavy (non-hydrogen) atoms. The molecule has 6 heteroatoms. The largest absolute Gasteiger partial charge is 0.377 e. The minimum Gasteiger partial charge on any atom is -0.377 e. The normalized spacial score (nSPS) is 15.8. The Bertz CT molecular complexity index is 1140. The molecule has 1 heterocycles. The third-order valence-electron chi connectivity index (χ3n) is 6.43. The standard InChI is InChI=1S/C26H33N3O2S/c1-28(2)25-12-6-11-24-23(25)10-7-13-26(24)32(30,31)27-17-14-21-15-18-29(19-16-21)20-22-8-4-3-5-9-22/h3-13,21,27H,14-20H2,1-2H3. The van der Waals surface area contributed by atoms with Gasteiger partial charge in [0.15, 0.2) is 0 Å². The number of nitrogens with one attached hydrogen (secondary N) is 1. The number of piperidine rings is 1. The smallest absolute Gasteiger partial charge is 0.241 e. The van der Waals surface area contributed by atoms with Gasteiger partial charge in [0.05, 0.1) is 4.90 Å². The van der Waals surface area contributed by atoms with Crippen LogP contribution in [-0.4, -0.2) is 47.0 Å². The summed E-state index contributed by atoms with van der Waals surface area (Å²) in [4.78, 5) is 4.86. The van der Waals surface area contributed by atoms with Crippen molar-refractivity contribution in [3.63, 3.8) is 0 Å². The lowest BCUT2D eigenvalue weighted by Gasteiger charge is -2.32. The van der Waals surface area contributed by atoms with Crippen LogP contribution in [0.25, 0.3) is 10.8 Å². The van der Waals surface area contributed by atoms with Crippen molar-refractivity contribution in [3.8, 4) is 0 Å². The molecule has 1 aliphatic rings. The van der Waals surface area contributed by atoms with Gasteiger partial charge in [-0.15, -0.1) is 0 Å². The van der Waals surface area contributed by atoms with Crippen LogP contribution in [0.15, 0.2) is 71.6 Å². The van der Waals surface area contributed by atoms with Gasteiger partial charge in [-0.25, -0.2) is 13.1 Å². The first kappa shape index (κ1) is 22.8. The zero-order chi connectivity index (χ0) is 22.6. The second-order valence-electron chi connectivity index (χ2n) is 8.91. The number of hydrogen-bond donors (Lipinski definition) is 1. The van der Waals surface area contributed by atoms with Crippen molar-refractivity contribution in [1.82, 2.24) is 9.62 Å². The van der Waals surface area contributed by atoms with Crippen molar-refractivity contribution < 1.29 is 8.42 Å². The van der Waals surface area contributed by atoms with E-state index in [2.05, 4.69) is 40.0 Å². The molecule has 5 nitrogen and oxygen atoms in total. The monoisotopic (exact) mass is 451 g/mol. The number of hydrogen-bond acceptors (Lipinski definition) is 4. The fourth-order valence-electron chi connectivity index (χ4n) is 4.64. The van der Waals surface area contributed by atoms with Crippen molar-refractivity contribution >= 4 is 26.5 Å². The van der Waals surface area contributed by atoms with Gasteiger partial charge in [0.25, 0.3) is 0 Å². The van der Waals surface area contributed by atoms with Crippen LogP contribution in [0.5, 0.6) is 0 Å². The molecule has 170 valence electrons. The van der Waals surface area contributed by atoms with Crippen LogP contribution < -0.4 is 9.62 Å². The van der Waals surface area contributed by atoms with Gasteiger partial charge in [0.2, 0.25) is 10.0 Å². The Morgan fingerprint density at radius 3 is 2.31 bits per heavy atom. The topological polar surface area (TPSA) is 52.7 Å². The molecule has 1 saturated heterocycles. The molecular weight excluding hydrogens is 418 g/mol. The Balaban J connectivity index is 1.33. The Morgan fingerprint density at radius 1 is 0.906 bits per heavy atom. The number of likely N-dealkylation sites (tertiary alicyclic amines) is 1. The minimum absolute atomic E-state index is 0.358. The van der Waals surface area contributed by atoms with Crippen molar-refractivity contribution in [2.24, 2.45) is 5.92 Å². The maximum absolute atomic E-state index is 13.1. The predicted octanol–water partition coefficient (Wildman–Crippen LogP) is 4.49. The summed E-state index contributed by atoms with van der Waals surface area (Å²) in [6.07, 6.45) is 3.12. The van der Waals surface area contributed by atoms with Crippen molar-refractivity contribution in [2.75, 3.05) is 38.6 Å². The number of fused-ring (bicyclic) bond motifs is 1. The quantitative estimate of drug-likeness (QED) is 0.548. The zero-order valence-corrected chi connectivity index (χ0v) is 19.8. The summed E-state index contributed by atoms with van der Waals surface area (Å²) < 4.78 is 29.0. The molecule has 3 aromatic rings. The summed E-state index contributed by atoms with van der Waals surface area (Å²) in [6.45, 7) is 3.62. The van der Waals surface area contributed by atoms with Crippen LogP contribution in [-0.2, 0) is 16.6 Å². The molecule has 3 aromatic carbocycles. The SMILES string of the molecule is CN(C)c1cccc2c(S(=O)(=O)NCCC3CCN(Cc4ccccc4)CC3)cccc12. The molecule has 0 bridgehead atoms. The average Bonchev–Trinajstić information content (AvgIpc) is 2.80. The lowest BCUT2D eigenvalue weighted by Crippen LogP contribution is -2.34. The van der Waals surface area contributed by atoms with E-state index in [1.165, 1.54) is 5.56 Å². The number of benzene rings is 3. The van der Waals surface area contributed by atoms with Gasteiger partial charge in [0, 0.05) is 43.6 Å². The van der Waals surface area contributed by atoms with E-state index < -0.39 is 10.0 Å². The van der Waals surface area contributed by atoms with E-state index in [0.29, 0.717) is 17.4 Å². The van der Waals surface area contributed by atoms with Crippen LogP contribution in [0.2, 0.25) is 0 Å². The molecule has 0 aliphatic carbocycles. The zero-order valence-electron chi connectivity index (χ0n) is 19.0. The van der Waals surface area contributed by atoms with Gasteiger partial charge < -0.3 is 4.90 Å². The highest BCUT2D eigenvalue weighted by atomic mass is 32.2. The lowest BCUT2D eigenvalue weighted by atomic mass is 9.93. The maximum atomic E-state index is 13.1. The van der Waals surface area contributed by atoms with Crippen molar-refractivity contribution in [2.45, 2.75) is 30.7 Å². The maximum Gasteiger partial charge on any atom is 0.241 e. The summed E-state index contributed by atoms with van der Waals surface area (Å²) in [5.74, 6) is 0.567. The van der Waals surface area contributed by atoms with E-state index in [1.54, 1.807) is 6.07 Å². The van der Waals surface area contributed by atoms with Gasteiger partial charge in [-0.1, -0.05) is 54.6 Å². The molecule has 0 radical (unpaired) electrons. The molecular formula is C26H33N3O2S. The van der Waals surface area contributed by atoms with Crippen molar-refractivity contribution in [1.29, 1.82) is 0 Å². The second kappa shape index (κ2) is 10.0. The van der Waals surface area contributed by atoms with Crippen LogP contribution in [0.3, 0.4) is 0 Å². The van der Waals surface area contributed by atoms with E-state index in [9.17, 15) is 8.42 Å². The van der Waals surface area contributed by atoms with Crippen LogP contribution in [0, 0.1) is 5.92 Å². The van der Waals surface area contributed by atoms with E-state index in [0.717, 1.165) is 55.4 Å². The molecule has 0 saturated carbocycles. The summed E-state index contributed by atoms with van der Waals surface area (Å²) in [7, 11) is 0.383. The number of rotatable bonds is 8. The average molecular weight is 452 g/mol. The highest BCUT2D eigenvalue weighted by molar-refractivity contribution is 7.89. The van der Waals surface area contributed by atoms with Crippen molar-refractivity contribution in [3.05, 3.63) is 72.3 Å². The Morgan fingerprint density at radius 2 is 1.59 bits per heavy atom. The lowest BCUT2D eigenvalue weighted by molar-refractivity contribution is 0.173. The van der Waals surface area contributed by atoms with Crippen LogP contribution in [0.4, 0.5) is 5.69 Å². The molecule has 1 aliphatic heterocycles. The van der Waals surface area contributed by atoms with E-state index >= 15 is 0 Å². The highest BCUT2D eigenvalue weighted by Crippen LogP contribution is 2.30. The minimum atomic E-state index is -3.56. The molecule has 0 spiro atoms. The molecule has 1 N–H and O–H groups in total. The van der Waals surface area contributed by atoms with E-state index in [1.807, 2.05) is 49.3 Å². The molecule has 0 aromatic heterocycles. The third kappa shape index (κ3) is 5.31. The molecule has 0 atom stereocenters. The first-order valence-electron chi connectivity index (χ1n) is 11.4. The van der Waals surface area contributed by atoms with E-state index in [-0.39, 0.29) is 0 Å². The molecule has 0 amide bonds. The Labute approximate surface area is 192 Å². The Kier molecular flexibility index (Phi) is 7.13. The molecule has 0 unspecified atom stereocenters. The summed E-state index contributed by atoms with van der Waals surface area (Å²) in [5.41, 5.74) is 2.37. The second-order valence-corrected chi connectivity index (χ2v) is 10.6. The first-order chi connectivity index (χ1) is 15.4. The summed E-state index contributed by atoms with van der Waals surface area (Å²) >= 11 is 0. The molecule has 4 rings (SSSR count). The van der Waals surface area contributed by atoms with Crippen LogP contribution in [0.1, 0.15) is 24.8 Å². The van der Waals surface area contributed by atoms with Gasteiger partial charge in [-0.05, 0) is 56.0 Å². The predicted molar refractivity (Wildman–Crippen MR) is 133 cm³/mol. The fraction of sp³-hybridized carbons (Fsp3) is 0.385. The third-order valence-corrected chi connectivity index (χ3v) is 7.95. The number of sulfonamides is 1. The number of anilines is 1. The molecule has 1 fully saturated rings. The van der Waals surface area contributed by atoms with Gasteiger partial charge in [-0.3, -0.25) is 4.90 Å². The van der Waals surface area contributed by atoms with E-state index in [4.69, 9.17) is 0 Å². The highest BCUT2D eigenvalue weighted by Gasteiger charge is 2.22. The van der Waals surface area contributed by atoms with Gasteiger partial charge in [-0.2, -0.15) is 0 Å². The van der Waals surface area contributed by atoms with Gasteiger partial charge in [0.1, 0.15) is 0 Å².